The van der Waals surface area contributed by atoms with E-state index in [2.05, 4.69) is 9.98 Å². The van der Waals surface area contributed by atoms with Gasteiger partial charge in [0.05, 0.1) is 16.8 Å². The van der Waals surface area contributed by atoms with Crippen LogP contribution in [0.1, 0.15) is 13.8 Å². The third kappa shape index (κ3) is 3.54. The highest BCUT2D eigenvalue weighted by Crippen LogP contribution is 2.39. The molecule has 0 spiro atoms. The number of halogens is 1. The number of rotatable bonds is 4. The summed E-state index contributed by atoms with van der Waals surface area (Å²) in [5.74, 6) is 0.268. The van der Waals surface area contributed by atoms with Crippen LogP contribution in [-0.4, -0.2) is 18.3 Å². The Bertz CT molecular complexity index is 516. The van der Waals surface area contributed by atoms with Crippen molar-refractivity contribution in [3.05, 3.63) is 17.2 Å². The van der Waals surface area contributed by atoms with Crippen LogP contribution in [0.3, 0.4) is 0 Å². The van der Waals surface area contributed by atoms with Crippen molar-refractivity contribution in [2.75, 3.05) is 0 Å². The third-order valence-corrected chi connectivity index (χ3v) is 2.00. The first kappa shape index (κ1) is 13.1. The molecule has 0 N–H and O–H groups in total. The van der Waals surface area contributed by atoms with Gasteiger partial charge < -0.3 is 4.74 Å². The smallest absolute Gasteiger partial charge is 0.240 e. The van der Waals surface area contributed by atoms with Crippen molar-refractivity contribution in [3.8, 4) is 5.75 Å². The average Bonchev–Trinajstić information content (AvgIpc) is 2.23. The number of ether oxygens (including phenoxy) is 1. The lowest BCUT2D eigenvalue weighted by molar-refractivity contribution is 0.243. The van der Waals surface area contributed by atoms with Crippen molar-refractivity contribution >= 4 is 35.1 Å². The molecule has 1 aromatic carbocycles. The van der Waals surface area contributed by atoms with Gasteiger partial charge in [0.1, 0.15) is 11.4 Å². The number of benzene rings is 1. The minimum absolute atomic E-state index is 0.137. The van der Waals surface area contributed by atoms with Crippen molar-refractivity contribution < 1.29 is 14.3 Å². The van der Waals surface area contributed by atoms with Crippen molar-refractivity contribution in [3.63, 3.8) is 0 Å². The van der Waals surface area contributed by atoms with E-state index in [0.717, 1.165) is 0 Å². The summed E-state index contributed by atoms with van der Waals surface area (Å²) in [6, 6.07) is 2.84. The number of hydrogen-bond acceptors (Lipinski definition) is 5. The molecular weight excluding hydrogens is 244 g/mol. The molecule has 0 bridgehead atoms. The predicted molar refractivity (Wildman–Crippen MR) is 62.8 cm³/mol. The number of hydrogen-bond donors (Lipinski definition) is 0. The van der Waals surface area contributed by atoms with E-state index in [1.807, 2.05) is 0 Å². The molecule has 0 amide bonds. The quantitative estimate of drug-likeness (QED) is 0.611. The van der Waals surface area contributed by atoms with E-state index < -0.39 is 0 Å². The zero-order valence-corrected chi connectivity index (χ0v) is 9.99. The SMILES string of the molecule is CC(C)Oc1cc(N=C=O)cc(Cl)c1N=C=O. The lowest BCUT2D eigenvalue weighted by Gasteiger charge is -2.12. The van der Waals surface area contributed by atoms with E-state index in [-0.39, 0.29) is 28.3 Å². The Hall–Kier alpha value is -1.93. The molecule has 1 rings (SSSR count). The first-order valence-electron chi connectivity index (χ1n) is 4.74. The molecule has 0 aliphatic carbocycles. The highest BCUT2D eigenvalue weighted by atomic mass is 35.5. The summed E-state index contributed by atoms with van der Waals surface area (Å²) in [4.78, 5) is 27.3. The Balaban J connectivity index is 3.37. The Kier molecular flexibility index (Phi) is 4.61. The van der Waals surface area contributed by atoms with Crippen LogP contribution >= 0.6 is 11.6 Å². The fourth-order valence-corrected chi connectivity index (χ4v) is 1.42. The van der Waals surface area contributed by atoms with Gasteiger partial charge in [0.15, 0.2) is 0 Å². The van der Waals surface area contributed by atoms with Crippen molar-refractivity contribution in [2.45, 2.75) is 20.0 Å². The van der Waals surface area contributed by atoms with Crippen LogP contribution in [0.5, 0.6) is 5.75 Å². The highest BCUT2D eigenvalue weighted by Gasteiger charge is 2.12. The summed E-state index contributed by atoms with van der Waals surface area (Å²) in [6.45, 7) is 3.61. The number of aliphatic imine (C=N–C) groups is 2. The lowest BCUT2D eigenvalue weighted by atomic mass is 10.2. The van der Waals surface area contributed by atoms with Gasteiger partial charge in [-0.2, -0.15) is 9.98 Å². The second kappa shape index (κ2) is 5.97. The second-order valence-corrected chi connectivity index (χ2v) is 3.75. The standard InChI is InChI=1S/C11H9ClN2O3/c1-7(2)17-10-4-8(13-5-15)3-9(12)11(10)14-6-16/h3-4,7H,1-2H3. The van der Waals surface area contributed by atoms with Crippen molar-refractivity contribution in [1.82, 2.24) is 0 Å². The normalized spacial score (nSPS) is 9.41. The van der Waals surface area contributed by atoms with Gasteiger partial charge in [0.2, 0.25) is 12.2 Å². The van der Waals surface area contributed by atoms with Gasteiger partial charge in [-0.3, -0.25) is 0 Å². The van der Waals surface area contributed by atoms with E-state index in [0.29, 0.717) is 0 Å². The van der Waals surface area contributed by atoms with Crippen LogP contribution in [0.4, 0.5) is 11.4 Å². The van der Waals surface area contributed by atoms with Gasteiger partial charge in [-0.1, -0.05) is 11.6 Å². The summed E-state index contributed by atoms with van der Waals surface area (Å²) >= 11 is 5.89. The van der Waals surface area contributed by atoms with Crippen LogP contribution < -0.4 is 4.74 Å². The molecular formula is C11H9ClN2O3. The molecule has 0 atom stereocenters. The van der Waals surface area contributed by atoms with Gasteiger partial charge in [-0.15, -0.1) is 0 Å². The van der Waals surface area contributed by atoms with Gasteiger partial charge in [0, 0.05) is 6.07 Å². The number of carbonyl (C=O) groups excluding carboxylic acids is 2. The summed E-state index contributed by atoms with van der Waals surface area (Å²) in [6.07, 6.45) is 2.65. The zero-order valence-electron chi connectivity index (χ0n) is 9.23. The van der Waals surface area contributed by atoms with Crippen LogP contribution in [0.15, 0.2) is 22.1 Å². The fourth-order valence-electron chi connectivity index (χ4n) is 1.18. The maximum Gasteiger partial charge on any atom is 0.240 e. The first-order valence-corrected chi connectivity index (χ1v) is 5.12. The number of isocyanates is 2. The topological polar surface area (TPSA) is 68.1 Å². The van der Waals surface area contributed by atoms with Crippen LogP contribution in [-0.2, 0) is 9.59 Å². The molecule has 1 aromatic rings. The largest absolute Gasteiger partial charge is 0.489 e. The third-order valence-electron chi connectivity index (χ3n) is 1.71. The maximum atomic E-state index is 10.3. The molecule has 0 unspecified atom stereocenters. The molecule has 5 nitrogen and oxygen atoms in total. The maximum absolute atomic E-state index is 10.3. The molecule has 0 aromatic heterocycles. The predicted octanol–water partition coefficient (Wildman–Crippen LogP) is 3.06. The Morgan fingerprint density at radius 1 is 1.24 bits per heavy atom. The minimum atomic E-state index is -0.137. The molecule has 0 saturated carbocycles. The zero-order chi connectivity index (χ0) is 12.8. The van der Waals surface area contributed by atoms with E-state index in [1.165, 1.54) is 24.3 Å². The molecule has 0 heterocycles. The van der Waals surface area contributed by atoms with E-state index in [9.17, 15) is 9.59 Å². The molecule has 6 heteroatoms. The van der Waals surface area contributed by atoms with Gasteiger partial charge in [0.25, 0.3) is 0 Å². The van der Waals surface area contributed by atoms with Gasteiger partial charge in [-0.05, 0) is 19.9 Å². The highest BCUT2D eigenvalue weighted by molar-refractivity contribution is 6.33. The van der Waals surface area contributed by atoms with E-state index in [4.69, 9.17) is 16.3 Å². The molecule has 0 saturated heterocycles. The second-order valence-electron chi connectivity index (χ2n) is 3.35. The van der Waals surface area contributed by atoms with Crippen molar-refractivity contribution in [1.29, 1.82) is 0 Å². The minimum Gasteiger partial charge on any atom is -0.489 e. The van der Waals surface area contributed by atoms with E-state index in [1.54, 1.807) is 13.8 Å². The Morgan fingerprint density at radius 3 is 2.41 bits per heavy atom. The van der Waals surface area contributed by atoms with E-state index >= 15 is 0 Å². The summed E-state index contributed by atoms with van der Waals surface area (Å²) in [5.41, 5.74) is 0.450. The molecule has 0 aliphatic rings. The molecule has 0 fully saturated rings. The molecule has 17 heavy (non-hydrogen) atoms. The summed E-state index contributed by atoms with van der Waals surface area (Å²) in [5, 5.41) is 0.153. The van der Waals surface area contributed by atoms with Gasteiger partial charge in [-0.25, -0.2) is 9.59 Å². The average molecular weight is 253 g/mol. The summed E-state index contributed by atoms with van der Waals surface area (Å²) < 4.78 is 5.42. The van der Waals surface area contributed by atoms with Crippen molar-refractivity contribution in [2.24, 2.45) is 9.98 Å². The molecule has 0 radical (unpaired) electrons. The molecule has 88 valence electrons. The number of nitrogens with zero attached hydrogens (tertiary/aromatic N) is 2. The van der Waals surface area contributed by atoms with Crippen LogP contribution in [0, 0.1) is 0 Å². The Labute approximate surface area is 103 Å². The first-order chi connectivity index (χ1) is 8.08. The monoisotopic (exact) mass is 252 g/mol. The Morgan fingerprint density at radius 2 is 1.88 bits per heavy atom. The van der Waals surface area contributed by atoms with Gasteiger partial charge >= 0.3 is 0 Å². The van der Waals surface area contributed by atoms with Crippen LogP contribution in [0.25, 0.3) is 0 Å². The van der Waals surface area contributed by atoms with Crippen LogP contribution in [0.2, 0.25) is 5.02 Å². The summed E-state index contributed by atoms with van der Waals surface area (Å²) in [7, 11) is 0. The fraction of sp³-hybridized carbons (Fsp3) is 0.273. The molecule has 0 aliphatic heterocycles. The lowest BCUT2D eigenvalue weighted by Crippen LogP contribution is -2.05.